The first kappa shape index (κ1) is 17.8. The molecule has 1 saturated heterocycles. The van der Waals surface area contributed by atoms with E-state index in [2.05, 4.69) is 52.8 Å². The normalized spacial score (nSPS) is 25.7. The molecule has 0 aromatic heterocycles. The van der Waals surface area contributed by atoms with Gasteiger partial charge in [-0.2, -0.15) is 0 Å². The quantitative estimate of drug-likeness (QED) is 0.584. The van der Waals surface area contributed by atoms with Gasteiger partial charge >= 0.3 is 0 Å². The molecule has 1 aromatic rings. The van der Waals surface area contributed by atoms with Crippen molar-refractivity contribution in [2.75, 3.05) is 32.7 Å². The molecule has 0 amide bonds. The second-order valence-electron chi connectivity index (χ2n) is 8.46. The Kier molecular flexibility index (Phi) is 5.49. The Bertz CT molecular complexity index is 604. The molecular weight excluding hydrogens is 320 g/mol. The van der Waals surface area contributed by atoms with Gasteiger partial charge in [-0.15, -0.1) is 0 Å². The SMILES string of the molecule is CCNC(=NCC1(c2ccccc2)CCC1)NCC1CCN(C2CC2)C1. The summed E-state index contributed by atoms with van der Waals surface area (Å²) in [5.41, 5.74) is 1.72. The van der Waals surface area contributed by atoms with Crippen molar-refractivity contribution in [3.8, 4) is 0 Å². The molecule has 1 heterocycles. The summed E-state index contributed by atoms with van der Waals surface area (Å²) >= 11 is 0. The third-order valence-electron chi connectivity index (χ3n) is 6.52. The molecule has 26 heavy (non-hydrogen) atoms. The van der Waals surface area contributed by atoms with E-state index in [1.54, 1.807) is 0 Å². The summed E-state index contributed by atoms with van der Waals surface area (Å²) < 4.78 is 0. The first-order chi connectivity index (χ1) is 12.8. The summed E-state index contributed by atoms with van der Waals surface area (Å²) in [4.78, 5) is 7.68. The van der Waals surface area contributed by atoms with Crippen LogP contribution in [0.4, 0.5) is 0 Å². The van der Waals surface area contributed by atoms with Crippen LogP contribution in [0.2, 0.25) is 0 Å². The second-order valence-corrected chi connectivity index (χ2v) is 8.46. The minimum Gasteiger partial charge on any atom is -0.357 e. The fourth-order valence-electron chi connectivity index (χ4n) is 4.55. The number of benzene rings is 1. The molecule has 4 nitrogen and oxygen atoms in total. The van der Waals surface area contributed by atoms with Gasteiger partial charge in [0.05, 0.1) is 6.54 Å². The molecule has 1 aliphatic heterocycles. The summed E-state index contributed by atoms with van der Waals surface area (Å²) in [7, 11) is 0. The van der Waals surface area contributed by atoms with Crippen molar-refractivity contribution in [2.24, 2.45) is 10.9 Å². The van der Waals surface area contributed by atoms with Crippen molar-refractivity contribution in [1.29, 1.82) is 0 Å². The van der Waals surface area contributed by atoms with Gasteiger partial charge in [0.1, 0.15) is 0 Å². The third kappa shape index (κ3) is 4.06. The zero-order valence-corrected chi connectivity index (χ0v) is 16.2. The zero-order chi connectivity index (χ0) is 17.8. The molecule has 142 valence electrons. The first-order valence-corrected chi connectivity index (χ1v) is 10.6. The molecule has 4 heteroatoms. The number of guanidine groups is 1. The van der Waals surface area contributed by atoms with E-state index in [9.17, 15) is 0 Å². The molecule has 4 rings (SSSR count). The lowest BCUT2D eigenvalue weighted by atomic mass is 9.64. The Morgan fingerprint density at radius 3 is 2.62 bits per heavy atom. The van der Waals surface area contributed by atoms with E-state index in [1.807, 2.05) is 0 Å². The highest BCUT2D eigenvalue weighted by atomic mass is 15.2. The Morgan fingerprint density at radius 2 is 1.96 bits per heavy atom. The van der Waals surface area contributed by atoms with Crippen molar-refractivity contribution in [1.82, 2.24) is 15.5 Å². The summed E-state index contributed by atoms with van der Waals surface area (Å²) in [5.74, 6) is 1.77. The second kappa shape index (κ2) is 7.99. The molecule has 0 spiro atoms. The molecule has 0 bridgehead atoms. The Morgan fingerprint density at radius 1 is 1.15 bits per heavy atom. The average Bonchev–Trinajstić information content (AvgIpc) is 3.38. The summed E-state index contributed by atoms with van der Waals surface area (Å²) in [6.07, 6.45) is 8.03. The van der Waals surface area contributed by atoms with Crippen molar-refractivity contribution in [2.45, 2.75) is 56.9 Å². The Balaban J connectivity index is 1.33. The number of nitrogens with zero attached hydrogens (tertiary/aromatic N) is 2. The topological polar surface area (TPSA) is 39.7 Å². The van der Waals surface area contributed by atoms with Crippen molar-refractivity contribution in [3.05, 3.63) is 35.9 Å². The van der Waals surface area contributed by atoms with Gasteiger partial charge in [-0.05, 0) is 57.1 Å². The molecule has 2 aliphatic carbocycles. The minimum atomic E-state index is 0.264. The summed E-state index contributed by atoms with van der Waals surface area (Å²) in [5, 5.41) is 7.08. The van der Waals surface area contributed by atoms with Gasteiger partial charge in [-0.1, -0.05) is 36.8 Å². The van der Waals surface area contributed by atoms with Crippen LogP contribution in [0.25, 0.3) is 0 Å². The molecule has 1 atom stereocenters. The Hall–Kier alpha value is -1.55. The largest absolute Gasteiger partial charge is 0.357 e. The Labute approximate surface area is 158 Å². The number of hydrogen-bond donors (Lipinski definition) is 2. The molecule has 0 radical (unpaired) electrons. The van der Waals surface area contributed by atoms with Crippen molar-refractivity contribution in [3.63, 3.8) is 0 Å². The number of nitrogens with one attached hydrogen (secondary N) is 2. The van der Waals surface area contributed by atoms with Crippen LogP contribution in [0.15, 0.2) is 35.3 Å². The first-order valence-electron chi connectivity index (χ1n) is 10.6. The van der Waals surface area contributed by atoms with Gasteiger partial charge in [0.25, 0.3) is 0 Å². The number of rotatable bonds is 7. The van der Waals surface area contributed by atoms with Crippen molar-refractivity contribution < 1.29 is 0 Å². The molecule has 2 saturated carbocycles. The van der Waals surface area contributed by atoms with Gasteiger partial charge in [0, 0.05) is 31.1 Å². The van der Waals surface area contributed by atoms with E-state index in [1.165, 1.54) is 57.2 Å². The molecule has 1 aromatic carbocycles. The van der Waals surface area contributed by atoms with E-state index >= 15 is 0 Å². The number of likely N-dealkylation sites (tertiary alicyclic amines) is 1. The van der Waals surface area contributed by atoms with Crippen LogP contribution in [-0.4, -0.2) is 49.6 Å². The standard InChI is InChI=1S/C22H34N4/c1-2-23-21(24-15-18-11-14-26(16-18)20-9-10-20)25-17-22(12-6-13-22)19-7-4-3-5-8-19/h3-5,7-8,18,20H,2,6,9-17H2,1H3,(H2,23,24,25). The van der Waals surface area contributed by atoms with Crippen LogP contribution in [0, 0.1) is 5.92 Å². The molecular formula is C22H34N4. The number of hydrogen-bond acceptors (Lipinski definition) is 2. The fourth-order valence-corrected chi connectivity index (χ4v) is 4.55. The molecule has 2 N–H and O–H groups in total. The van der Waals surface area contributed by atoms with Crippen LogP contribution >= 0.6 is 0 Å². The predicted molar refractivity (Wildman–Crippen MR) is 109 cm³/mol. The van der Waals surface area contributed by atoms with Crippen LogP contribution < -0.4 is 10.6 Å². The van der Waals surface area contributed by atoms with Gasteiger partial charge < -0.3 is 15.5 Å². The molecule has 1 unspecified atom stereocenters. The summed E-state index contributed by atoms with van der Waals surface area (Å²) in [6.45, 7) is 7.58. The van der Waals surface area contributed by atoms with E-state index in [0.717, 1.165) is 37.6 Å². The lowest BCUT2D eigenvalue weighted by Gasteiger charge is -2.41. The molecule has 3 aliphatic rings. The summed E-state index contributed by atoms with van der Waals surface area (Å²) in [6, 6.07) is 11.9. The van der Waals surface area contributed by atoms with Gasteiger partial charge in [0.15, 0.2) is 5.96 Å². The van der Waals surface area contributed by atoms with Gasteiger partial charge in [0.2, 0.25) is 0 Å². The smallest absolute Gasteiger partial charge is 0.191 e. The van der Waals surface area contributed by atoms with Gasteiger partial charge in [-0.3, -0.25) is 4.99 Å². The monoisotopic (exact) mass is 354 g/mol. The van der Waals surface area contributed by atoms with E-state index in [0.29, 0.717) is 0 Å². The maximum absolute atomic E-state index is 4.99. The van der Waals surface area contributed by atoms with E-state index in [4.69, 9.17) is 4.99 Å². The van der Waals surface area contributed by atoms with Crippen molar-refractivity contribution >= 4 is 5.96 Å². The van der Waals surface area contributed by atoms with E-state index in [-0.39, 0.29) is 5.41 Å². The van der Waals surface area contributed by atoms with Crippen LogP contribution in [-0.2, 0) is 5.41 Å². The van der Waals surface area contributed by atoms with Crippen LogP contribution in [0.1, 0.15) is 51.0 Å². The highest BCUT2D eigenvalue weighted by Gasteiger charge is 2.38. The fraction of sp³-hybridized carbons (Fsp3) is 0.682. The number of aliphatic imine (C=N–C) groups is 1. The van der Waals surface area contributed by atoms with Crippen LogP contribution in [0.5, 0.6) is 0 Å². The lowest BCUT2D eigenvalue weighted by molar-refractivity contribution is 0.253. The van der Waals surface area contributed by atoms with E-state index < -0.39 is 0 Å². The average molecular weight is 355 g/mol. The highest BCUT2D eigenvalue weighted by Crippen LogP contribution is 2.43. The maximum atomic E-state index is 4.99. The molecule has 3 fully saturated rings. The maximum Gasteiger partial charge on any atom is 0.191 e. The van der Waals surface area contributed by atoms with Gasteiger partial charge in [-0.25, -0.2) is 0 Å². The predicted octanol–water partition coefficient (Wildman–Crippen LogP) is 3.15. The third-order valence-corrected chi connectivity index (χ3v) is 6.52. The minimum absolute atomic E-state index is 0.264. The highest BCUT2D eigenvalue weighted by molar-refractivity contribution is 5.79. The lowest BCUT2D eigenvalue weighted by Crippen LogP contribution is -2.43. The zero-order valence-electron chi connectivity index (χ0n) is 16.2. The van der Waals surface area contributed by atoms with Crippen LogP contribution in [0.3, 0.4) is 0 Å².